The van der Waals surface area contributed by atoms with Crippen LogP contribution in [0.2, 0.25) is 0 Å². The zero-order valence-electron chi connectivity index (χ0n) is 14.8. The summed E-state index contributed by atoms with van der Waals surface area (Å²) in [7, 11) is -3.65. The van der Waals surface area contributed by atoms with Crippen LogP contribution in [0.4, 0.5) is 0 Å². The summed E-state index contributed by atoms with van der Waals surface area (Å²) >= 11 is 0. The molecule has 1 unspecified atom stereocenters. The van der Waals surface area contributed by atoms with Gasteiger partial charge in [0.05, 0.1) is 4.90 Å². The van der Waals surface area contributed by atoms with E-state index >= 15 is 0 Å². The third-order valence-electron chi connectivity index (χ3n) is 3.86. The Morgan fingerprint density at radius 1 is 1.16 bits per heavy atom. The standard InChI is InChI=1S/C19H24N2O3S/c1-14(2)11-19(22)21-13-18(16-5-4-10-20-12-16)25(23,24)17-8-6-15(3)7-9-17/h4-10,12,14,18H,11,13H2,1-3H3,(H,21,22). The number of carbonyl (C=O) groups excluding carboxylic acids is 1. The van der Waals surface area contributed by atoms with Crippen molar-refractivity contribution in [1.29, 1.82) is 0 Å². The van der Waals surface area contributed by atoms with Gasteiger partial charge in [0.25, 0.3) is 0 Å². The van der Waals surface area contributed by atoms with E-state index in [1.165, 1.54) is 6.20 Å². The molecule has 1 aromatic heterocycles. The van der Waals surface area contributed by atoms with Crippen molar-refractivity contribution in [2.75, 3.05) is 6.54 Å². The summed E-state index contributed by atoms with van der Waals surface area (Å²) in [6.45, 7) is 5.82. The quantitative estimate of drug-likeness (QED) is 0.823. The van der Waals surface area contributed by atoms with Crippen LogP contribution >= 0.6 is 0 Å². The van der Waals surface area contributed by atoms with Gasteiger partial charge in [0.1, 0.15) is 5.25 Å². The van der Waals surface area contributed by atoms with Crippen molar-refractivity contribution in [1.82, 2.24) is 10.3 Å². The SMILES string of the molecule is Cc1ccc(S(=O)(=O)C(CNC(=O)CC(C)C)c2cccnc2)cc1. The van der Waals surface area contributed by atoms with Crippen LogP contribution in [0.25, 0.3) is 0 Å². The normalized spacial score (nSPS) is 12.8. The van der Waals surface area contributed by atoms with Crippen LogP contribution in [-0.2, 0) is 14.6 Å². The molecule has 0 spiro atoms. The monoisotopic (exact) mass is 360 g/mol. The first-order valence-electron chi connectivity index (χ1n) is 8.28. The van der Waals surface area contributed by atoms with E-state index in [4.69, 9.17) is 0 Å². The second kappa shape index (κ2) is 8.25. The van der Waals surface area contributed by atoms with Crippen LogP contribution in [-0.4, -0.2) is 25.9 Å². The largest absolute Gasteiger partial charge is 0.354 e. The van der Waals surface area contributed by atoms with Crippen molar-refractivity contribution in [2.24, 2.45) is 5.92 Å². The van der Waals surface area contributed by atoms with E-state index in [0.717, 1.165) is 5.56 Å². The van der Waals surface area contributed by atoms with Crippen molar-refractivity contribution in [3.63, 3.8) is 0 Å². The Bertz CT molecular complexity index is 800. The van der Waals surface area contributed by atoms with Crippen molar-refractivity contribution >= 4 is 15.7 Å². The minimum Gasteiger partial charge on any atom is -0.354 e. The summed E-state index contributed by atoms with van der Waals surface area (Å²) < 4.78 is 26.2. The fourth-order valence-corrected chi connectivity index (χ4v) is 4.16. The van der Waals surface area contributed by atoms with E-state index in [-0.39, 0.29) is 23.3 Å². The minimum absolute atomic E-state index is 0.0213. The van der Waals surface area contributed by atoms with Crippen molar-refractivity contribution in [2.45, 2.75) is 37.3 Å². The van der Waals surface area contributed by atoms with Crippen LogP contribution in [0.15, 0.2) is 53.7 Å². The number of nitrogens with zero attached hydrogens (tertiary/aromatic N) is 1. The van der Waals surface area contributed by atoms with Crippen LogP contribution in [0.5, 0.6) is 0 Å². The minimum atomic E-state index is -3.65. The fraction of sp³-hybridized carbons (Fsp3) is 0.368. The molecule has 1 aromatic carbocycles. The van der Waals surface area contributed by atoms with Gasteiger partial charge in [-0.15, -0.1) is 0 Å². The lowest BCUT2D eigenvalue weighted by molar-refractivity contribution is -0.121. The van der Waals surface area contributed by atoms with Gasteiger partial charge in [-0.05, 0) is 36.6 Å². The number of hydrogen-bond donors (Lipinski definition) is 1. The summed E-state index contributed by atoms with van der Waals surface area (Å²) in [6.07, 6.45) is 3.49. The molecule has 5 nitrogen and oxygen atoms in total. The molecule has 0 aliphatic carbocycles. The maximum atomic E-state index is 13.1. The first-order valence-corrected chi connectivity index (χ1v) is 9.82. The number of aromatic nitrogens is 1. The second-order valence-corrected chi connectivity index (χ2v) is 8.67. The molecule has 2 aromatic rings. The number of aryl methyl sites for hydroxylation is 1. The Morgan fingerprint density at radius 2 is 1.84 bits per heavy atom. The highest BCUT2D eigenvalue weighted by atomic mass is 32.2. The first kappa shape index (κ1) is 19.1. The second-order valence-electron chi connectivity index (χ2n) is 6.54. The molecule has 0 fully saturated rings. The smallest absolute Gasteiger partial charge is 0.220 e. The molecule has 0 radical (unpaired) electrons. The topological polar surface area (TPSA) is 76.1 Å². The summed E-state index contributed by atoms with van der Waals surface area (Å²) in [6, 6.07) is 10.2. The van der Waals surface area contributed by atoms with Gasteiger partial charge >= 0.3 is 0 Å². The number of rotatable bonds is 7. The summed E-state index contributed by atoms with van der Waals surface area (Å²) in [5.74, 6) is 0.0635. The van der Waals surface area contributed by atoms with Crippen molar-refractivity contribution in [3.8, 4) is 0 Å². The van der Waals surface area contributed by atoms with Gasteiger partial charge in [-0.2, -0.15) is 0 Å². The van der Waals surface area contributed by atoms with Crippen LogP contribution < -0.4 is 5.32 Å². The molecular weight excluding hydrogens is 336 g/mol. The molecule has 134 valence electrons. The highest BCUT2D eigenvalue weighted by Gasteiger charge is 2.29. The van der Waals surface area contributed by atoms with Gasteiger partial charge < -0.3 is 5.32 Å². The molecule has 1 atom stereocenters. The van der Waals surface area contributed by atoms with Gasteiger partial charge in [-0.1, -0.05) is 37.6 Å². The molecule has 25 heavy (non-hydrogen) atoms. The summed E-state index contributed by atoms with van der Waals surface area (Å²) in [5, 5.41) is 1.88. The Morgan fingerprint density at radius 3 is 2.40 bits per heavy atom. The number of pyridine rings is 1. The maximum absolute atomic E-state index is 13.1. The highest BCUT2D eigenvalue weighted by Crippen LogP contribution is 2.28. The highest BCUT2D eigenvalue weighted by molar-refractivity contribution is 7.91. The van der Waals surface area contributed by atoms with E-state index in [2.05, 4.69) is 10.3 Å². The number of hydrogen-bond acceptors (Lipinski definition) is 4. The molecule has 0 aliphatic heterocycles. The number of nitrogens with one attached hydrogen (secondary N) is 1. The van der Waals surface area contributed by atoms with Crippen LogP contribution in [0.3, 0.4) is 0 Å². The molecule has 2 rings (SSSR count). The first-order chi connectivity index (χ1) is 11.8. The van der Waals surface area contributed by atoms with Gasteiger partial charge in [0.15, 0.2) is 9.84 Å². The predicted octanol–water partition coefficient (Wildman–Crippen LogP) is 3.07. The lowest BCUT2D eigenvalue weighted by atomic mass is 10.1. The molecule has 0 bridgehead atoms. The summed E-state index contributed by atoms with van der Waals surface area (Å²) in [5.41, 5.74) is 1.55. The van der Waals surface area contributed by atoms with Gasteiger partial charge in [-0.3, -0.25) is 9.78 Å². The number of carbonyl (C=O) groups is 1. The van der Waals surface area contributed by atoms with E-state index < -0.39 is 15.1 Å². The number of sulfone groups is 1. The molecule has 6 heteroatoms. The molecular formula is C19H24N2O3S. The molecule has 1 N–H and O–H groups in total. The van der Waals surface area contributed by atoms with Crippen LogP contribution in [0.1, 0.15) is 36.6 Å². The molecule has 1 heterocycles. The Labute approximate surface area is 149 Å². The number of benzene rings is 1. The third kappa shape index (κ3) is 5.13. The number of amides is 1. The summed E-state index contributed by atoms with van der Waals surface area (Å²) in [4.78, 5) is 16.2. The van der Waals surface area contributed by atoms with Gasteiger partial charge in [-0.25, -0.2) is 8.42 Å². The third-order valence-corrected chi connectivity index (χ3v) is 5.98. The Kier molecular flexibility index (Phi) is 6.31. The van der Waals surface area contributed by atoms with E-state index in [9.17, 15) is 13.2 Å². The van der Waals surface area contributed by atoms with E-state index in [0.29, 0.717) is 12.0 Å². The van der Waals surface area contributed by atoms with E-state index in [1.54, 1.807) is 42.6 Å². The zero-order chi connectivity index (χ0) is 18.4. The predicted molar refractivity (Wildman–Crippen MR) is 97.8 cm³/mol. The van der Waals surface area contributed by atoms with Gasteiger partial charge in [0.2, 0.25) is 5.91 Å². The molecule has 0 aliphatic rings. The van der Waals surface area contributed by atoms with Crippen molar-refractivity contribution in [3.05, 3.63) is 59.9 Å². The fourth-order valence-electron chi connectivity index (χ4n) is 2.51. The zero-order valence-corrected chi connectivity index (χ0v) is 15.6. The van der Waals surface area contributed by atoms with Crippen molar-refractivity contribution < 1.29 is 13.2 Å². The molecule has 0 saturated carbocycles. The lowest BCUT2D eigenvalue weighted by Crippen LogP contribution is -2.32. The lowest BCUT2D eigenvalue weighted by Gasteiger charge is -2.19. The average Bonchev–Trinajstić information content (AvgIpc) is 2.55. The maximum Gasteiger partial charge on any atom is 0.220 e. The average molecular weight is 360 g/mol. The van der Waals surface area contributed by atoms with Gasteiger partial charge in [0, 0.05) is 25.4 Å². The Hall–Kier alpha value is -2.21. The van der Waals surface area contributed by atoms with Crippen LogP contribution in [0, 0.1) is 12.8 Å². The van der Waals surface area contributed by atoms with E-state index in [1.807, 2.05) is 20.8 Å². The Balaban J connectivity index is 2.31. The molecule has 0 saturated heterocycles. The molecule has 1 amide bonds.